The number of carbonyl (C=O) groups is 5. The summed E-state index contributed by atoms with van der Waals surface area (Å²) in [6.07, 6.45) is -7.79. The molecule has 5 amide bonds. The molecule has 66 heavy (non-hydrogen) atoms. The van der Waals surface area contributed by atoms with E-state index in [1.807, 2.05) is 20.8 Å². The summed E-state index contributed by atoms with van der Waals surface area (Å²) in [5.74, 6) is -1.62. The van der Waals surface area contributed by atoms with E-state index in [-0.39, 0.29) is 102 Å². The van der Waals surface area contributed by atoms with Crippen LogP contribution in [0.15, 0.2) is 0 Å². The lowest BCUT2D eigenvalue weighted by Crippen LogP contribution is -2.64. The Bertz CT molecular complexity index is 1420. The van der Waals surface area contributed by atoms with Gasteiger partial charge in [-0.1, -0.05) is 20.8 Å². The number of carbonyl (C=O) groups excluding carboxylic acids is 5. The molecule has 2 fully saturated rings. The van der Waals surface area contributed by atoms with Gasteiger partial charge in [-0.05, 0) is 25.7 Å². The first kappa shape index (κ1) is 58.9. The summed E-state index contributed by atoms with van der Waals surface area (Å²) in [6.45, 7) is 8.97. The van der Waals surface area contributed by atoms with Gasteiger partial charge in [-0.3, -0.25) is 24.0 Å². The number of unbranched alkanes of at least 4 members (excludes halogenated alkanes) is 1. The molecule has 0 radical (unpaired) electrons. The third kappa shape index (κ3) is 22.3. The van der Waals surface area contributed by atoms with E-state index in [1.165, 1.54) is 13.8 Å². The maximum Gasteiger partial charge on any atom is 0.222 e. The van der Waals surface area contributed by atoms with Crippen molar-refractivity contribution >= 4 is 29.5 Å². The van der Waals surface area contributed by atoms with Gasteiger partial charge in [0.2, 0.25) is 29.5 Å². The zero-order valence-electron chi connectivity index (χ0n) is 39.1. The zero-order chi connectivity index (χ0) is 49.1. The van der Waals surface area contributed by atoms with Crippen LogP contribution in [0.25, 0.3) is 0 Å². The average Bonchev–Trinajstić information content (AvgIpc) is 3.27. The van der Waals surface area contributed by atoms with Crippen LogP contribution in [0, 0.1) is 0 Å². The second-order valence-corrected chi connectivity index (χ2v) is 16.7. The van der Waals surface area contributed by atoms with Crippen LogP contribution >= 0.6 is 0 Å². The highest BCUT2D eigenvalue weighted by Crippen LogP contribution is 2.24. The van der Waals surface area contributed by atoms with Crippen LogP contribution in [0.3, 0.4) is 0 Å². The minimum Gasteiger partial charge on any atom is -0.394 e. The van der Waals surface area contributed by atoms with E-state index in [0.29, 0.717) is 32.4 Å². The van der Waals surface area contributed by atoms with Crippen LogP contribution in [-0.2, 0) is 57.1 Å². The first-order valence-electron chi connectivity index (χ1n) is 22.8. The highest BCUT2D eigenvalue weighted by atomic mass is 16.7. The normalized spacial score (nSPS) is 26.3. The fourth-order valence-electron chi connectivity index (χ4n) is 7.07. The highest BCUT2D eigenvalue weighted by Gasteiger charge is 2.46. The molecule has 2 rings (SSSR count). The summed E-state index contributed by atoms with van der Waals surface area (Å²) in [4.78, 5) is 60.8. The summed E-state index contributed by atoms with van der Waals surface area (Å²) in [5.41, 5.74) is -0.917. The van der Waals surface area contributed by atoms with Gasteiger partial charge in [0.15, 0.2) is 12.6 Å². The molecule has 2 saturated heterocycles. The molecule has 5 unspecified atom stereocenters. The van der Waals surface area contributed by atoms with Crippen molar-refractivity contribution < 1.29 is 87.8 Å². The van der Waals surface area contributed by atoms with Gasteiger partial charge in [0.05, 0.1) is 65.0 Å². The van der Waals surface area contributed by atoms with Crippen molar-refractivity contribution in [1.82, 2.24) is 31.9 Å². The Labute approximate surface area is 386 Å². The van der Waals surface area contributed by atoms with Gasteiger partial charge in [0, 0.05) is 65.4 Å². The first-order valence-corrected chi connectivity index (χ1v) is 22.8. The van der Waals surface area contributed by atoms with Gasteiger partial charge in [-0.15, -0.1) is 0 Å². The molecule has 12 N–H and O–H groups in total. The lowest BCUT2D eigenvalue weighted by atomic mass is 9.97. The van der Waals surface area contributed by atoms with Gasteiger partial charge in [-0.25, -0.2) is 0 Å². The molecule has 384 valence electrons. The summed E-state index contributed by atoms with van der Waals surface area (Å²) in [6, 6.07) is -2.18. The van der Waals surface area contributed by atoms with E-state index < -0.39 is 91.9 Å². The summed E-state index contributed by atoms with van der Waals surface area (Å²) >= 11 is 0. The number of nitrogens with one attached hydrogen (secondary N) is 6. The number of aliphatic hydroxyl groups excluding tert-OH is 6. The predicted molar refractivity (Wildman–Crippen MR) is 233 cm³/mol. The van der Waals surface area contributed by atoms with Crippen molar-refractivity contribution in [1.29, 1.82) is 0 Å². The molecule has 2 heterocycles. The van der Waals surface area contributed by atoms with Crippen LogP contribution in [0.5, 0.6) is 0 Å². The van der Waals surface area contributed by atoms with Crippen molar-refractivity contribution in [3.8, 4) is 0 Å². The largest absolute Gasteiger partial charge is 0.394 e. The molecule has 24 heteroatoms. The van der Waals surface area contributed by atoms with E-state index in [4.69, 9.17) is 33.2 Å². The maximum absolute atomic E-state index is 12.7. The Hall–Kier alpha value is -3.21. The Morgan fingerprint density at radius 1 is 0.576 bits per heavy atom. The first-order chi connectivity index (χ1) is 31.5. The molecule has 0 aromatic rings. The molecular formula is C42H78N6O18. The number of ether oxygens (including phenoxy) is 7. The summed E-state index contributed by atoms with van der Waals surface area (Å²) < 4.78 is 40.4. The van der Waals surface area contributed by atoms with E-state index in [1.54, 1.807) is 0 Å². The smallest absolute Gasteiger partial charge is 0.222 e. The molecule has 0 aromatic carbocycles. The molecule has 0 saturated carbocycles. The highest BCUT2D eigenvalue weighted by molar-refractivity contribution is 5.76. The van der Waals surface area contributed by atoms with Crippen molar-refractivity contribution in [3.05, 3.63) is 0 Å². The Balaban J connectivity index is 1.83. The molecule has 0 aliphatic carbocycles. The van der Waals surface area contributed by atoms with Crippen LogP contribution in [0.4, 0.5) is 0 Å². The zero-order valence-corrected chi connectivity index (χ0v) is 39.1. The minimum atomic E-state index is -1.44. The van der Waals surface area contributed by atoms with Crippen molar-refractivity contribution in [3.63, 3.8) is 0 Å². The number of hydrogen-bond acceptors (Lipinski definition) is 19. The monoisotopic (exact) mass is 955 g/mol. The van der Waals surface area contributed by atoms with Crippen LogP contribution in [0.2, 0.25) is 0 Å². The SMILES string of the molecule is CCCNC(=O)CCOCC(COCCC(=O)NCCCCO[C@@H]1OC(CO)[C@H](O)[C@H](O)C1NC(C)=O)(COCCC(=O)NCCCO[C@@H]1OC(CO)[C@H](O)[C@H](O)C1NC(C)=O)NC(C)C. The topological polar surface area (TPSA) is 344 Å². The van der Waals surface area contributed by atoms with Crippen LogP contribution < -0.4 is 31.9 Å². The second-order valence-electron chi connectivity index (χ2n) is 16.7. The van der Waals surface area contributed by atoms with E-state index in [9.17, 15) is 54.6 Å². The lowest BCUT2D eigenvalue weighted by Gasteiger charge is -2.42. The predicted octanol–water partition coefficient (Wildman–Crippen LogP) is -4.21. The molecule has 0 spiro atoms. The van der Waals surface area contributed by atoms with E-state index in [2.05, 4.69) is 31.9 Å². The quantitative estimate of drug-likeness (QED) is 0.0272. The number of hydrogen-bond donors (Lipinski definition) is 12. The lowest BCUT2D eigenvalue weighted by molar-refractivity contribution is -0.270. The second kappa shape index (κ2) is 32.5. The van der Waals surface area contributed by atoms with Gasteiger partial charge < -0.3 is 95.7 Å². The Morgan fingerprint density at radius 3 is 1.35 bits per heavy atom. The molecule has 2 aliphatic rings. The van der Waals surface area contributed by atoms with E-state index >= 15 is 0 Å². The van der Waals surface area contributed by atoms with Gasteiger partial charge in [0.25, 0.3) is 0 Å². The molecule has 11 atom stereocenters. The third-order valence-corrected chi connectivity index (χ3v) is 10.3. The Kier molecular flexibility index (Phi) is 29.0. The van der Waals surface area contributed by atoms with Crippen molar-refractivity contribution in [2.24, 2.45) is 0 Å². The fourth-order valence-corrected chi connectivity index (χ4v) is 7.07. The van der Waals surface area contributed by atoms with Gasteiger partial charge in [-0.2, -0.15) is 0 Å². The van der Waals surface area contributed by atoms with Crippen molar-refractivity contribution in [2.75, 3.05) is 85.7 Å². The number of aliphatic hydroxyl groups is 6. The summed E-state index contributed by atoms with van der Waals surface area (Å²) in [5, 5.41) is 77.1. The van der Waals surface area contributed by atoms with Crippen LogP contribution in [-0.4, -0.2) is 219 Å². The summed E-state index contributed by atoms with van der Waals surface area (Å²) in [7, 11) is 0. The van der Waals surface area contributed by atoms with Crippen molar-refractivity contribution in [2.45, 2.75) is 152 Å². The maximum atomic E-state index is 12.7. The Morgan fingerprint density at radius 2 is 0.970 bits per heavy atom. The van der Waals surface area contributed by atoms with Gasteiger partial charge >= 0.3 is 0 Å². The molecule has 0 bridgehead atoms. The number of amides is 5. The number of rotatable bonds is 34. The molecule has 2 aliphatic heterocycles. The van der Waals surface area contributed by atoms with Gasteiger partial charge in [0.1, 0.15) is 48.7 Å². The minimum absolute atomic E-state index is 0.0201. The third-order valence-electron chi connectivity index (χ3n) is 10.3. The standard InChI is InChI=1S/C42H78N6O18/c1-6-13-43-31(53)10-18-60-23-42(48-26(2)3,25-62-20-12-33(55)45-15-9-17-64-41-35(47-28(5)52)39(59)37(57)30(22-50)66-41)24-61-19-11-32(54)44-14-7-8-16-63-40-34(46-27(4)51)38(58)36(56)29(21-49)65-40/h26,29-30,34-41,48-50,56-59H,6-25H2,1-5H3,(H,43,53)(H,44,54)(H,45,55)(H,46,51)(H,47,52)/t29?,30?,34?,35?,36-,37-,38+,39+,40+,41+,42?/m0/s1. The molecule has 0 aromatic heterocycles. The van der Waals surface area contributed by atoms with Crippen LogP contribution in [0.1, 0.15) is 79.6 Å². The average molecular weight is 955 g/mol. The fraction of sp³-hybridized carbons (Fsp3) is 0.881. The molecular weight excluding hydrogens is 876 g/mol. The molecule has 24 nitrogen and oxygen atoms in total. The van der Waals surface area contributed by atoms with E-state index in [0.717, 1.165) is 6.42 Å².